The molecule has 0 atom stereocenters. The fourth-order valence-corrected chi connectivity index (χ4v) is 4.19. The zero-order valence-corrected chi connectivity index (χ0v) is 11.6. The van der Waals surface area contributed by atoms with E-state index in [2.05, 4.69) is 11.8 Å². The predicted molar refractivity (Wildman–Crippen MR) is 74.1 cm³/mol. The summed E-state index contributed by atoms with van der Waals surface area (Å²) < 4.78 is 0. The zero-order chi connectivity index (χ0) is 12.1. The van der Waals surface area contributed by atoms with Crippen LogP contribution in [0.4, 0.5) is 0 Å². The second kappa shape index (κ2) is 6.19. The normalized spacial score (nSPS) is 26.3. The van der Waals surface area contributed by atoms with Gasteiger partial charge >= 0.3 is 0 Å². The largest absolute Gasteiger partial charge is 0.329 e. The van der Waals surface area contributed by atoms with Crippen LogP contribution < -0.4 is 5.73 Å². The molecule has 17 heavy (non-hydrogen) atoms. The maximum Gasteiger partial charge on any atom is 0.0334 e. The Morgan fingerprint density at radius 1 is 1.00 bits per heavy atom. The van der Waals surface area contributed by atoms with E-state index in [9.17, 15) is 0 Å². The zero-order valence-electron chi connectivity index (χ0n) is 11.6. The molecule has 0 aliphatic heterocycles. The molecular formula is C15H30N2. The van der Waals surface area contributed by atoms with Crippen molar-refractivity contribution in [2.45, 2.75) is 82.7 Å². The minimum absolute atomic E-state index is 0.356. The number of hydrogen-bond donors (Lipinski definition) is 1. The molecule has 0 aromatic heterocycles. The van der Waals surface area contributed by atoms with Crippen LogP contribution in [0.5, 0.6) is 0 Å². The second-order valence-electron chi connectivity index (χ2n) is 6.07. The lowest BCUT2D eigenvalue weighted by atomic mass is 9.78. The summed E-state index contributed by atoms with van der Waals surface area (Å²) in [5, 5.41) is 0. The van der Waals surface area contributed by atoms with Gasteiger partial charge in [0, 0.05) is 18.1 Å². The maximum atomic E-state index is 6.18. The van der Waals surface area contributed by atoms with E-state index in [0.29, 0.717) is 5.54 Å². The quantitative estimate of drug-likeness (QED) is 0.814. The fraction of sp³-hybridized carbons (Fsp3) is 1.00. The highest BCUT2D eigenvalue weighted by molar-refractivity contribution is 4.97. The van der Waals surface area contributed by atoms with Crippen LogP contribution in [0.1, 0.15) is 71.1 Å². The number of likely N-dealkylation sites (N-methyl/N-ethyl adjacent to an activating group) is 1. The summed E-state index contributed by atoms with van der Waals surface area (Å²) >= 11 is 0. The Hall–Kier alpha value is -0.0800. The molecule has 2 heteroatoms. The van der Waals surface area contributed by atoms with Gasteiger partial charge in [-0.1, -0.05) is 45.4 Å². The number of rotatable bonds is 4. The summed E-state index contributed by atoms with van der Waals surface area (Å²) in [7, 11) is 0. The second-order valence-corrected chi connectivity index (χ2v) is 6.07. The van der Waals surface area contributed by atoms with Gasteiger partial charge in [-0.05, 0) is 32.2 Å². The minimum Gasteiger partial charge on any atom is -0.329 e. The fourth-order valence-electron chi connectivity index (χ4n) is 4.19. The van der Waals surface area contributed by atoms with Gasteiger partial charge in [0.05, 0.1) is 0 Å². The lowest BCUT2D eigenvalue weighted by Gasteiger charge is -2.50. The highest BCUT2D eigenvalue weighted by atomic mass is 15.2. The molecular weight excluding hydrogens is 208 g/mol. The predicted octanol–water partition coefficient (Wildman–Crippen LogP) is 3.30. The molecule has 0 bridgehead atoms. The van der Waals surface area contributed by atoms with Crippen molar-refractivity contribution in [1.82, 2.24) is 4.90 Å². The third kappa shape index (κ3) is 2.85. The number of hydrogen-bond acceptors (Lipinski definition) is 2. The van der Waals surface area contributed by atoms with Gasteiger partial charge in [0.15, 0.2) is 0 Å². The lowest BCUT2D eigenvalue weighted by molar-refractivity contribution is 0.00917. The van der Waals surface area contributed by atoms with E-state index in [0.717, 1.165) is 12.6 Å². The van der Waals surface area contributed by atoms with Gasteiger partial charge in [-0.15, -0.1) is 0 Å². The van der Waals surface area contributed by atoms with Gasteiger partial charge in [-0.2, -0.15) is 0 Å². The van der Waals surface area contributed by atoms with Crippen LogP contribution in [0.2, 0.25) is 0 Å². The van der Waals surface area contributed by atoms with Gasteiger partial charge in [-0.3, -0.25) is 4.90 Å². The van der Waals surface area contributed by atoms with Crippen LogP contribution in [0.15, 0.2) is 0 Å². The third-order valence-electron chi connectivity index (χ3n) is 5.13. The SMILES string of the molecule is CCN(C1CCCCC1)C1(CN)CCCCC1. The molecule has 2 saturated carbocycles. The first-order chi connectivity index (χ1) is 8.32. The summed E-state index contributed by atoms with van der Waals surface area (Å²) in [4.78, 5) is 2.80. The van der Waals surface area contributed by atoms with E-state index in [1.807, 2.05) is 0 Å². The Kier molecular flexibility index (Phi) is 4.87. The van der Waals surface area contributed by atoms with Crippen molar-refractivity contribution >= 4 is 0 Å². The molecule has 0 aromatic rings. The molecule has 2 aliphatic rings. The first-order valence-electron chi connectivity index (χ1n) is 7.79. The van der Waals surface area contributed by atoms with Gasteiger partial charge in [0.1, 0.15) is 0 Å². The van der Waals surface area contributed by atoms with Gasteiger partial charge in [0.2, 0.25) is 0 Å². The maximum absolute atomic E-state index is 6.18. The molecule has 2 fully saturated rings. The smallest absolute Gasteiger partial charge is 0.0334 e. The molecule has 2 rings (SSSR count). The van der Waals surface area contributed by atoms with Crippen molar-refractivity contribution in [2.24, 2.45) is 5.73 Å². The first-order valence-corrected chi connectivity index (χ1v) is 7.79. The molecule has 0 aromatic carbocycles. The van der Waals surface area contributed by atoms with Crippen molar-refractivity contribution in [2.75, 3.05) is 13.1 Å². The van der Waals surface area contributed by atoms with Crippen LogP contribution in [0.25, 0.3) is 0 Å². The van der Waals surface area contributed by atoms with Gasteiger partial charge < -0.3 is 5.73 Å². The Morgan fingerprint density at radius 2 is 1.59 bits per heavy atom. The van der Waals surface area contributed by atoms with Crippen LogP contribution in [0.3, 0.4) is 0 Å². The molecule has 0 saturated heterocycles. The topological polar surface area (TPSA) is 29.3 Å². The van der Waals surface area contributed by atoms with Crippen molar-refractivity contribution in [3.8, 4) is 0 Å². The highest BCUT2D eigenvalue weighted by Crippen LogP contribution is 2.37. The number of nitrogens with two attached hydrogens (primary N) is 1. The van der Waals surface area contributed by atoms with Gasteiger partial charge in [0.25, 0.3) is 0 Å². The molecule has 0 radical (unpaired) electrons. The van der Waals surface area contributed by atoms with Crippen LogP contribution in [0, 0.1) is 0 Å². The molecule has 0 spiro atoms. The summed E-state index contributed by atoms with van der Waals surface area (Å²) in [5.41, 5.74) is 6.54. The van der Waals surface area contributed by atoms with E-state index >= 15 is 0 Å². The standard InChI is InChI=1S/C15H30N2/c1-2-17(14-9-5-3-6-10-14)15(13-16)11-7-4-8-12-15/h14H,2-13,16H2,1H3. The molecule has 2 nitrogen and oxygen atoms in total. The van der Waals surface area contributed by atoms with Crippen LogP contribution >= 0.6 is 0 Å². The van der Waals surface area contributed by atoms with Crippen molar-refractivity contribution < 1.29 is 0 Å². The van der Waals surface area contributed by atoms with E-state index < -0.39 is 0 Å². The lowest BCUT2D eigenvalue weighted by Crippen LogP contribution is -2.58. The van der Waals surface area contributed by atoms with Crippen molar-refractivity contribution in [3.63, 3.8) is 0 Å². The summed E-state index contributed by atoms with van der Waals surface area (Å²) in [6, 6.07) is 0.829. The van der Waals surface area contributed by atoms with Crippen molar-refractivity contribution in [1.29, 1.82) is 0 Å². The molecule has 100 valence electrons. The van der Waals surface area contributed by atoms with E-state index in [1.54, 1.807) is 0 Å². The third-order valence-corrected chi connectivity index (χ3v) is 5.13. The molecule has 0 amide bonds. The first kappa shape index (κ1) is 13.4. The van der Waals surface area contributed by atoms with Crippen molar-refractivity contribution in [3.05, 3.63) is 0 Å². The molecule has 2 aliphatic carbocycles. The Bertz CT molecular complexity index is 215. The summed E-state index contributed by atoms with van der Waals surface area (Å²) in [5.74, 6) is 0. The van der Waals surface area contributed by atoms with Crippen LogP contribution in [-0.2, 0) is 0 Å². The average molecular weight is 238 g/mol. The van der Waals surface area contributed by atoms with E-state index in [4.69, 9.17) is 5.73 Å². The van der Waals surface area contributed by atoms with Gasteiger partial charge in [-0.25, -0.2) is 0 Å². The monoisotopic (exact) mass is 238 g/mol. The average Bonchev–Trinajstić information content (AvgIpc) is 2.42. The van der Waals surface area contributed by atoms with E-state index in [-0.39, 0.29) is 0 Å². The summed E-state index contributed by atoms with van der Waals surface area (Å²) in [6.45, 7) is 4.40. The minimum atomic E-state index is 0.356. The molecule has 2 N–H and O–H groups in total. The van der Waals surface area contributed by atoms with E-state index in [1.165, 1.54) is 70.8 Å². The Labute approximate surface area is 107 Å². The Balaban J connectivity index is 2.07. The Morgan fingerprint density at radius 3 is 2.12 bits per heavy atom. The summed E-state index contributed by atoms with van der Waals surface area (Å²) in [6.07, 6.45) is 14.0. The highest BCUT2D eigenvalue weighted by Gasteiger charge is 2.39. The molecule has 0 heterocycles. The van der Waals surface area contributed by atoms with Crippen LogP contribution in [-0.4, -0.2) is 29.6 Å². The molecule has 0 unspecified atom stereocenters. The number of nitrogens with zero attached hydrogens (tertiary/aromatic N) is 1.